The second-order valence-corrected chi connectivity index (χ2v) is 8.67. The lowest BCUT2D eigenvalue weighted by Crippen LogP contribution is -2.11. The van der Waals surface area contributed by atoms with E-state index >= 15 is 0 Å². The number of imidazole rings is 1. The predicted octanol–water partition coefficient (Wildman–Crippen LogP) is 4.68. The lowest BCUT2D eigenvalue weighted by molar-refractivity contribution is 0.101. The Labute approximate surface area is 200 Å². The fourth-order valence-electron chi connectivity index (χ4n) is 3.66. The molecule has 0 saturated heterocycles. The first-order valence-corrected chi connectivity index (χ1v) is 11.8. The van der Waals surface area contributed by atoms with E-state index in [2.05, 4.69) is 25.6 Å². The highest BCUT2D eigenvalue weighted by Gasteiger charge is 2.17. The van der Waals surface area contributed by atoms with Gasteiger partial charge >= 0.3 is 0 Å². The van der Waals surface area contributed by atoms with Crippen LogP contribution in [0.4, 0.5) is 11.5 Å². The van der Waals surface area contributed by atoms with Gasteiger partial charge in [-0.15, -0.1) is 16.9 Å². The maximum atomic E-state index is 12.3. The summed E-state index contributed by atoms with van der Waals surface area (Å²) in [6.07, 6.45) is 3.69. The lowest BCUT2D eigenvalue weighted by atomic mass is 10.2. The van der Waals surface area contributed by atoms with Crippen molar-refractivity contribution in [2.45, 2.75) is 25.8 Å². The van der Waals surface area contributed by atoms with E-state index < -0.39 is 0 Å². The fourth-order valence-corrected chi connectivity index (χ4v) is 4.11. The molecule has 9 nitrogen and oxygen atoms in total. The largest absolute Gasteiger partial charge is 0.339 e. The van der Waals surface area contributed by atoms with Crippen LogP contribution in [0.1, 0.15) is 28.7 Å². The summed E-state index contributed by atoms with van der Waals surface area (Å²) in [6, 6.07) is 15.2. The second kappa shape index (κ2) is 8.71. The van der Waals surface area contributed by atoms with E-state index in [0.717, 1.165) is 33.1 Å². The van der Waals surface area contributed by atoms with Gasteiger partial charge in [0, 0.05) is 11.4 Å². The third-order valence-electron chi connectivity index (χ3n) is 5.38. The van der Waals surface area contributed by atoms with Gasteiger partial charge < -0.3 is 5.32 Å². The minimum absolute atomic E-state index is 0.0694. The second-order valence-electron chi connectivity index (χ2n) is 7.84. The SMILES string of the molecule is CSc1cc(C)n(-c2nc(-n3cnc4cc(Nc5ccc(C)nn5)ccc43)ccc2C(C)=O)n1. The number of anilines is 2. The number of ketones is 1. The summed E-state index contributed by atoms with van der Waals surface area (Å²) >= 11 is 1.54. The molecule has 0 atom stereocenters. The molecule has 0 aliphatic rings. The van der Waals surface area contributed by atoms with E-state index in [1.807, 2.05) is 67.1 Å². The monoisotopic (exact) mass is 470 g/mol. The summed E-state index contributed by atoms with van der Waals surface area (Å²) in [5.41, 5.74) is 4.81. The fraction of sp³-hybridized carbons (Fsp3) is 0.167. The highest BCUT2D eigenvalue weighted by molar-refractivity contribution is 7.98. The number of thioether (sulfide) groups is 1. The molecule has 0 unspecified atom stereocenters. The Bertz CT molecular complexity index is 1520. The number of aromatic nitrogens is 7. The molecular formula is C24H22N8OS. The maximum Gasteiger partial charge on any atom is 0.166 e. The zero-order valence-electron chi connectivity index (χ0n) is 19.1. The molecule has 4 heterocycles. The van der Waals surface area contributed by atoms with Crippen LogP contribution in [-0.2, 0) is 0 Å². The van der Waals surface area contributed by atoms with E-state index in [1.165, 1.54) is 6.92 Å². The number of benzene rings is 1. The number of rotatable bonds is 6. The first-order valence-electron chi connectivity index (χ1n) is 10.6. The zero-order chi connectivity index (χ0) is 23.8. The molecule has 1 N–H and O–H groups in total. The van der Waals surface area contributed by atoms with Crippen LogP contribution < -0.4 is 5.32 Å². The van der Waals surface area contributed by atoms with Crippen molar-refractivity contribution in [1.82, 2.24) is 34.5 Å². The van der Waals surface area contributed by atoms with E-state index in [0.29, 0.717) is 23.0 Å². The Balaban J connectivity index is 1.55. The molecule has 34 heavy (non-hydrogen) atoms. The van der Waals surface area contributed by atoms with Crippen molar-refractivity contribution >= 4 is 40.1 Å². The van der Waals surface area contributed by atoms with Gasteiger partial charge in [-0.3, -0.25) is 9.36 Å². The zero-order valence-corrected chi connectivity index (χ0v) is 20.0. The molecule has 0 bridgehead atoms. The average molecular weight is 471 g/mol. The molecule has 0 spiro atoms. The molecule has 0 aliphatic heterocycles. The summed E-state index contributed by atoms with van der Waals surface area (Å²) in [5, 5.41) is 16.9. The molecule has 170 valence electrons. The lowest BCUT2D eigenvalue weighted by Gasteiger charge is -2.12. The molecule has 0 amide bonds. The van der Waals surface area contributed by atoms with E-state index in [4.69, 9.17) is 4.98 Å². The number of aryl methyl sites for hydroxylation is 2. The Kier molecular flexibility index (Phi) is 5.58. The van der Waals surface area contributed by atoms with Crippen molar-refractivity contribution in [3.63, 3.8) is 0 Å². The third-order valence-corrected chi connectivity index (χ3v) is 6.00. The Morgan fingerprint density at radius 1 is 1.03 bits per heavy atom. The van der Waals surface area contributed by atoms with Gasteiger partial charge in [-0.2, -0.15) is 10.2 Å². The maximum absolute atomic E-state index is 12.3. The number of hydrogen-bond donors (Lipinski definition) is 1. The molecule has 0 fully saturated rings. The van der Waals surface area contributed by atoms with E-state index in [1.54, 1.807) is 28.8 Å². The van der Waals surface area contributed by atoms with Gasteiger partial charge in [-0.25, -0.2) is 14.6 Å². The Hall–Kier alpha value is -4.05. The minimum Gasteiger partial charge on any atom is -0.339 e. The number of fused-ring (bicyclic) bond motifs is 1. The van der Waals surface area contributed by atoms with Gasteiger partial charge in [0.25, 0.3) is 0 Å². The minimum atomic E-state index is -0.0694. The quantitative estimate of drug-likeness (QED) is 0.282. The van der Waals surface area contributed by atoms with Crippen LogP contribution in [0.5, 0.6) is 0 Å². The number of nitrogens with one attached hydrogen (secondary N) is 1. The summed E-state index contributed by atoms with van der Waals surface area (Å²) in [5.74, 6) is 1.74. The average Bonchev–Trinajstić information content (AvgIpc) is 3.43. The molecule has 0 radical (unpaired) electrons. The van der Waals surface area contributed by atoms with Crippen molar-refractivity contribution in [3.8, 4) is 11.6 Å². The normalized spacial score (nSPS) is 11.2. The van der Waals surface area contributed by atoms with Gasteiger partial charge in [0.05, 0.1) is 22.3 Å². The molecule has 0 saturated carbocycles. The van der Waals surface area contributed by atoms with Gasteiger partial charge in [0.1, 0.15) is 17.2 Å². The molecule has 4 aromatic heterocycles. The summed E-state index contributed by atoms with van der Waals surface area (Å²) in [6.45, 7) is 5.38. The first kappa shape index (κ1) is 21.8. The van der Waals surface area contributed by atoms with Crippen molar-refractivity contribution in [2.24, 2.45) is 0 Å². The standard InChI is InChI=1S/C24H22N8OS/c1-14-5-9-21(29-28-14)26-17-6-8-20-19(12-17)25-13-31(20)22-10-7-18(16(3)33)24(27-22)32-15(2)11-23(30-32)34-4/h5-13H,1-4H3,(H,26,29). The van der Waals surface area contributed by atoms with Crippen LogP contribution in [0.3, 0.4) is 0 Å². The molecular weight excluding hydrogens is 448 g/mol. The highest BCUT2D eigenvalue weighted by Crippen LogP contribution is 2.25. The Morgan fingerprint density at radius 3 is 2.59 bits per heavy atom. The number of carbonyl (C=O) groups is 1. The van der Waals surface area contributed by atoms with Crippen LogP contribution in [0.15, 0.2) is 59.9 Å². The van der Waals surface area contributed by atoms with Gasteiger partial charge in [0.15, 0.2) is 17.4 Å². The molecule has 1 aromatic carbocycles. The van der Waals surface area contributed by atoms with Crippen LogP contribution in [0.25, 0.3) is 22.7 Å². The van der Waals surface area contributed by atoms with Crippen molar-refractivity contribution in [2.75, 3.05) is 11.6 Å². The molecule has 5 rings (SSSR count). The molecule has 0 aliphatic carbocycles. The van der Waals surface area contributed by atoms with E-state index in [-0.39, 0.29) is 5.78 Å². The third kappa shape index (κ3) is 4.03. The van der Waals surface area contributed by atoms with Gasteiger partial charge in [-0.05, 0) is 75.6 Å². The van der Waals surface area contributed by atoms with Crippen molar-refractivity contribution in [3.05, 3.63) is 71.8 Å². The van der Waals surface area contributed by atoms with E-state index in [9.17, 15) is 4.79 Å². The highest BCUT2D eigenvalue weighted by atomic mass is 32.2. The summed E-state index contributed by atoms with van der Waals surface area (Å²) < 4.78 is 3.61. The van der Waals surface area contributed by atoms with Crippen LogP contribution in [-0.4, -0.2) is 46.6 Å². The van der Waals surface area contributed by atoms with Crippen LogP contribution >= 0.6 is 11.8 Å². The molecule has 5 aromatic rings. The van der Waals surface area contributed by atoms with Gasteiger partial charge in [-0.1, -0.05) is 0 Å². The van der Waals surface area contributed by atoms with Crippen LogP contribution in [0.2, 0.25) is 0 Å². The Morgan fingerprint density at radius 2 is 1.88 bits per heavy atom. The number of pyridine rings is 1. The smallest absolute Gasteiger partial charge is 0.166 e. The summed E-state index contributed by atoms with van der Waals surface area (Å²) in [4.78, 5) is 21.7. The number of hydrogen-bond acceptors (Lipinski definition) is 8. The molecule has 10 heteroatoms. The predicted molar refractivity (Wildman–Crippen MR) is 133 cm³/mol. The number of carbonyl (C=O) groups excluding carboxylic acids is 1. The number of Topliss-reactive ketones (excluding diaryl/α,β-unsaturated/α-hetero) is 1. The van der Waals surface area contributed by atoms with Crippen LogP contribution in [0, 0.1) is 13.8 Å². The topological polar surface area (TPSA) is 103 Å². The van der Waals surface area contributed by atoms with Gasteiger partial charge in [0.2, 0.25) is 0 Å². The number of nitrogens with zero attached hydrogens (tertiary/aromatic N) is 7. The summed E-state index contributed by atoms with van der Waals surface area (Å²) in [7, 11) is 0. The first-order chi connectivity index (χ1) is 16.4. The van der Waals surface area contributed by atoms with Crippen molar-refractivity contribution < 1.29 is 4.79 Å². The van der Waals surface area contributed by atoms with Crippen molar-refractivity contribution in [1.29, 1.82) is 0 Å².